The molecule has 18 rings (SSSR count). The third-order valence-electron chi connectivity index (χ3n) is 16.1. The Hall–Kier alpha value is -8.58. The van der Waals surface area contributed by atoms with Crippen LogP contribution in [0.3, 0.4) is 0 Å². The molecule has 0 unspecified atom stereocenters. The Kier molecular flexibility index (Phi) is 60.9. The van der Waals surface area contributed by atoms with E-state index in [2.05, 4.69) is 29.9 Å². The van der Waals surface area contributed by atoms with Crippen molar-refractivity contribution in [2.45, 2.75) is 51.4 Å². The fourth-order valence-corrected chi connectivity index (χ4v) is 16.4. The van der Waals surface area contributed by atoms with E-state index in [9.17, 15) is 69.9 Å². The standard InChI is InChI=1S/4C17H14NO2P.2C5H4NO2P.4C4H8O.4Cu.2F6P/c4*1-3-9-15(10-4-1)19-21(17-13-7-8-14-18-17)20-16-11-5-2-6-12-16;2*7-9(8)5-3-1-2-4-6-5;4*1-2-4-5-3-1;;;;;2*1-7(2,3,4,5)6/h4*1-14H;2*1-4H;4*1-4H2;;;;;;/q;;;;2*-2;;;;;2*+1;2*+2;2*-1/p+4. The Bertz CT molecular complexity index is 4580. The molecule has 0 atom stereocenters. The SMILES string of the molecule is C1CCOC1.C1CCOC1.C1CCOC1.C1CCOC1.F[P-](F)(F)(F)(F)F.F[P-](F)(F)(F)(F)F.[Cu+2].[Cu+2].[Cu+].[Cu+].[O-]P([O-])c1ccccn1.[O-]P([O-])c1ccccn1.c1ccc(O[PH+](Oc2ccccc2)c2ccccn2)cc1.c1ccc(O[PH+](Oc2ccccc2)c2ccccn2)cc1.c1ccc(O[PH+](Oc2ccccc2)c2ccccn2)cc1.c1ccc(O[PH+](Oc2ccccc2)c2ccccn2)cc1. The first-order valence-corrected chi connectivity index (χ1v) is 53.4. The van der Waals surface area contributed by atoms with Crippen molar-refractivity contribution < 1.29 is 193 Å². The van der Waals surface area contributed by atoms with Gasteiger partial charge in [0, 0.05) is 125 Å². The molecular weight excluding hydrogens is 2200 g/mol. The monoisotopic (exact) mass is 2300 g/mol. The van der Waals surface area contributed by atoms with Gasteiger partial charge in [-0.1, -0.05) is 182 Å². The first-order valence-electron chi connectivity index (χ1n) is 41.7. The van der Waals surface area contributed by atoms with Crippen molar-refractivity contribution in [2.24, 2.45) is 0 Å². The minimum atomic E-state index is -10.7. The number of hydrogen-bond donors (Lipinski definition) is 0. The second-order valence-electron chi connectivity index (χ2n) is 27.4. The number of para-hydroxylation sites is 8. The molecule has 8 aromatic carbocycles. The number of ether oxygens (including phenoxy) is 4. The van der Waals surface area contributed by atoms with Crippen molar-refractivity contribution in [3.8, 4) is 46.0 Å². The van der Waals surface area contributed by atoms with E-state index >= 15 is 0 Å². The van der Waals surface area contributed by atoms with Gasteiger partial charge in [0.2, 0.25) is 0 Å². The Balaban J connectivity index is 0.000000408. The molecule has 10 heterocycles. The Morgan fingerprint density at radius 3 is 0.429 bits per heavy atom. The van der Waals surface area contributed by atoms with Gasteiger partial charge in [-0.05, 0) is 197 Å². The van der Waals surface area contributed by atoms with E-state index in [0.717, 1.165) is 121 Å². The molecule has 766 valence electrons. The van der Waals surface area contributed by atoms with Crippen LogP contribution in [-0.4, -0.2) is 82.8 Å². The van der Waals surface area contributed by atoms with Crippen LogP contribution < -0.4 is 88.4 Å². The Morgan fingerprint density at radius 2 is 0.336 bits per heavy atom. The summed E-state index contributed by atoms with van der Waals surface area (Å²) in [4.78, 5) is 65.3. The van der Waals surface area contributed by atoms with Crippen molar-refractivity contribution >= 4 is 98.5 Å². The van der Waals surface area contributed by atoms with Crippen LogP contribution in [-0.2, 0) is 87.2 Å². The van der Waals surface area contributed by atoms with Crippen LogP contribution in [0.1, 0.15) is 51.4 Å². The van der Waals surface area contributed by atoms with E-state index in [1.54, 1.807) is 49.1 Å². The van der Waals surface area contributed by atoms with E-state index in [0.29, 0.717) is 0 Å². The van der Waals surface area contributed by atoms with Crippen LogP contribution in [0.25, 0.3) is 0 Å². The Morgan fingerprint density at radius 1 is 0.207 bits per heavy atom. The van der Waals surface area contributed by atoms with Gasteiger partial charge in [0.25, 0.3) is 21.7 Å². The number of nitrogens with zero attached hydrogens (tertiary/aromatic N) is 6. The summed E-state index contributed by atoms with van der Waals surface area (Å²) in [5, 5.41) is 0. The molecule has 4 saturated heterocycles. The number of pyridine rings is 6. The normalized spacial score (nSPS) is 13.2. The molecule has 2 radical (unpaired) electrons. The second kappa shape index (κ2) is 67.9. The van der Waals surface area contributed by atoms with Crippen molar-refractivity contribution in [3.63, 3.8) is 0 Å². The molecule has 0 saturated carbocycles. The second-order valence-corrected chi connectivity index (χ2v) is 39.2. The third-order valence-corrected chi connectivity index (χ3v) is 23.6. The van der Waals surface area contributed by atoms with Gasteiger partial charge in [-0.3, -0.25) is 26.7 Å². The van der Waals surface area contributed by atoms with Crippen LogP contribution in [0.15, 0.2) is 389 Å². The zero-order chi connectivity index (χ0) is 97.7. The molecule has 22 nitrogen and oxygen atoms in total. The zero-order valence-electron chi connectivity index (χ0n) is 74.0. The molecular formula is C94H100Cu4F12N6O16P8+4. The summed E-state index contributed by atoms with van der Waals surface area (Å²) >= 11 is 0. The number of halogens is 12. The molecule has 0 amide bonds. The van der Waals surface area contributed by atoms with Crippen LogP contribution >= 0.6 is 65.9 Å². The van der Waals surface area contributed by atoms with E-state index in [-0.39, 0.29) is 79.1 Å². The molecule has 140 heavy (non-hydrogen) atoms. The first kappa shape index (κ1) is 126. The molecule has 6 aromatic heterocycles. The number of hydrogen-bond acceptors (Lipinski definition) is 22. The van der Waals surface area contributed by atoms with Gasteiger partial charge in [0.1, 0.15) is 0 Å². The molecule has 0 spiro atoms. The van der Waals surface area contributed by atoms with Gasteiger partial charge < -0.3 is 74.7 Å². The minimum absolute atomic E-state index is 0. The average molecular weight is 2300 g/mol. The van der Waals surface area contributed by atoms with Crippen molar-refractivity contribution in [3.05, 3.63) is 389 Å². The molecule has 4 aliphatic rings. The summed E-state index contributed by atoms with van der Waals surface area (Å²) in [5.41, 5.74) is 3.55. The topological polar surface area (TPSA) is 280 Å². The van der Waals surface area contributed by atoms with Gasteiger partial charge in [0.15, 0.2) is 46.0 Å². The maximum absolute atomic E-state index is 10.7. The maximum Gasteiger partial charge on any atom is 2.00 e. The fourth-order valence-electron chi connectivity index (χ4n) is 10.2. The van der Waals surface area contributed by atoms with E-state index in [1.165, 1.54) is 75.9 Å². The summed E-state index contributed by atoms with van der Waals surface area (Å²) in [7, 11) is -33.3. The van der Waals surface area contributed by atoms with Crippen LogP contribution in [0.4, 0.5) is 50.4 Å². The summed E-state index contributed by atoms with van der Waals surface area (Å²) in [6.45, 7) is 8.00. The summed E-state index contributed by atoms with van der Waals surface area (Å²) in [5.74, 6) is 6.28. The van der Waals surface area contributed by atoms with Gasteiger partial charge in [0.05, 0.1) is 0 Å². The summed E-state index contributed by atoms with van der Waals surface area (Å²) in [6, 6.07) is 110. The molecule has 4 fully saturated rings. The molecule has 0 bridgehead atoms. The average Bonchev–Trinajstić information content (AvgIpc) is 0.878. The molecule has 46 heteroatoms. The van der Waals surface area contributed by atoms with Crippen LogP contribution in [0.5, 0.6) is 46.0 Å². The quantitative estimate of drug-likeness (QED) is 0.0346. The van der Waals surface area contributed by atoms with Crippen LogP contribution in [0.2, 0.25) is 0 Å². The summed E-state index contributed by atoms with van der Waals surface area (Å²) in [6.07, 6.45) is 20.1. The predicted octanol–water partition coefficient (Wildman–Crippen LogP) is 23.1. The minimum Gasteiger partial charge on any atom is -0.837 e. The van der Waals surface area contributed by atoms with Gasteiger partial charge in [-0.25, -0.2) is 19.9 Å². The van der Waals surface area contributed by atoms with Crippen LogP contribution in [0, 0.1) is 0 Å². The Labute approximate surface area is 854 Å². The number of rotatable bonds is 22. The van der Waals surface area contributed by atoms with Crippen molar-refractivity contribution in [2.75, 3.05) is 52.9 Å². The number of benzene rings is 8. The molecule has 4 aliphatic heterocycles. The van der Waals surface area contributed by atoms with Crippen molar-refractivity contribution in [1.82, 2.24) is 29.9 Å². The fraction of sp³-hybridized carbons (Fsp3) is 0.170. The van der Waals surface area contributed by atoms with E-state index < -0.39 is 65.9 Å². The number of aromatic nitrogens is 6. The summed E-state index contributed by atoms with van der Waals surface area (Å²) < 4.78 is 186. The molecule has 14 aromatic rings. The first-order chi connectivity index (χ1) is 65.2. The van der Waals surface area contributed by atoms with Gasteiger partial charge in [-0.15, -0.1) is 0 Å². The van der Waals surface area contributed by atoms with Crippen molar-refractivity contribution in [1.29, 1.82) is 0 Å². The maximum atomic E-state index is 10.2. The van der Waals surface area contributed by atoms with Gasteiger partial charge >= 0.3 is 168 Å². The predicted molar refractivity (Wildman–Crippen MR) is 514 cm³/mol. The largest absolute Gasteiger partial charge is 2.00 e. The van der Waals surface area contributed by atoms with E-state index in [1.807, 2.05) is 315 Å². The zero-order valence-corrected chi connectivity index (χ0v) is 85.4. The third kappa shape index (κ3) is 66.3. The molecule has 0 N–H and O–H groups in total. The smallest absolute Gasteiger partial charge is 0.837 e. The van der Waals surface area contributed by atoms with E-state index in [4.69, 9.17) is 55.1 Å². The molecule has 0 aliphatic carbocycles. The van der Waals surface area contributed by atoms with Gasteiger partial charge in [-0.2, -0.15) is 0 Å².